The largest absolute Gasteiger partial charge is 0.494 e. The third kappa shape index (κ3) is 3.28. The molecule has 0 spiro atoms. The van der Waals surface area contributed by atoms with Gasteiger partial charge in [0.1, 0.15) is 10.8 Å². The Balaban J connectivity index is 1.81. The van der Waals surface area contributed by atoms with Crippen LogP contribution in [0.5, 0.6) is 5.75 Å². The summed E-state index contributed by atoms with van der Waals surface area (Å²) in [4.78, 5) is 4.71. The molecule has 0 unspecified atom stereocenters. The van der Waals surface area contributed by atoms with Crippen molar-refractivity contribution in [1.82, 2.24) is 4.98 Å². The Morgan fingerprint density at radius 1 is 1.09 bits per heavy atom. The molecule has 0 aliphatic carbocycles. The lowest BCUT2D eigenvalue weighted by atomic mass is 10.1. The van der Waals surface area contributed by atoms with Crippen LogP contribution in [0.15, 0.2) is 53.9 Å². The predicted molar refractivity (Wildman–Crippen MR) is 93.2 cm³/mol. The van der Waals surface area contributed by atoms with Gasteiger partial charge in [-0.25, -0.2) is 4.98 Å². The van der Waals surface area contributed by atoms with E-state index in [1.807, 2.05) is 48.5 Å². The molecule has 112 valence electrons. The van der Waals surface area contributed by atoms with Gasteiger partial charge in [-0.05, 0) is 42.8 Å². The zero-order valence-electron chi connectivity index (χ0n) is 12.5. The Morgan fingerprint density at radius 2 is 1.91 bits per heavy atom. The van der Waals surface area contributed by atoms with E-state index in [0.717, 1.165) is 46.3 Å². The number of rotatable bonds is 5. The summed E-state index contributed by atoms with van der Waals surface area (Å²) < 4.78 is 5.60. The van der Waals surface area contributed by atoms with Crippen LogP contribution < -0.4 is 10.5 Å². The summed E-state index contributed by atoms with van der Waals surface area (Å²) >= 11 is 1.63. The number of nitrogens with zero attached hydrogens (tertiary/aromatic N) is 1. The number of benzene rings is 2. The molecule has 3 rings (SSSR count). The van der Waals surface area contributed by atoms with E-state index in [9.17, 15) is 0 Å². The van der Waals surface area contributed by atoms with E-state index in [4.69, 9.17) is 15.5 Å². The Bertz CT molecular complexity index is 750. The number of thiazole rings is 1. The second-order valence-corrected chi connectivity index (χ2v) is 5.89. The van der Waals surface area contributed by atoms with Crippen LogP contribution in [0, 0.1) is 0 Å². The molecule has 0 fully saturated rings. The van der Waals surface area contributed by atoms with Crippen LogP contribution in [0.25, 0.3) is 21.8 Å². The maximum Gasteiger partial charge on any atom is 0.124 e. The van der Waals surface area contributed by atoms with Crippen LogP contribution >= 0.6 is 11.3 Å². The SMILES string of the molecule is CCCOc1ccc(-c2csc(-c3cccc(N)c3)n2)cc1. The predicted octanol–water partition coefficient (Wildman–Crippen LogP) is 4.85. The van der Waals surface area contributed by atoms with E-state index in [1.165, 1.54) is 0 Å². The Hall–Kier alpha value is -2.33. The van der Waals surface area contributed by atoms with Crippen molar-refractivity contribution in [2.24, 2.45) is 0 Å². The molecule has 0 saturated carbocycles. The molecule has 2 N–H and O–H groups in total. The minimum Gasteiger partial charge on any atom is -0.494 e. The first-order valence-electron chi connectivity index (χ1n) is 7.31. The van der Waals surface area contributed by atoms with Gasteiger partial charge in [-0.3, -0.25) is 0 Å². The van der Waals surface area contributed by atoms with Crippen LogP contribution in [-0.4, -0.2) is 11.6 Å². The van der Waals surface area contributed by atoms with E-state index in [2.05, 4.69) is 12.3 Å². The molecule has 0 saturated heterocycles. The van der Waals surface area contributed by atoms with Gasteiger partial charge in [0.25, 0.3) is 0 Å². The van der Waals surface area contributed by atoms with Crippen molar-refractivity contribution in [2.75, 3.05) is 12.3 Å². The molecular weight excluding hydrogens is 292 g/mol. The van der Waals surface area contributed by atoms with Crippen LogP contribution in [0.2, 0.25) is 0 Å². The minimum absolute atomic E-state index is 0.746. The molecule has 2 aromatic carbocycles. The summed E-state index contributed by atoms with van der Waals surface area (Å²) in [7, 11) is 0. The summed E-state index contributed by atoms with van der Waals surface area (Å²) in [5, 5.41) is 3.05. The molecule has 1 heterocycles. The fourth-order valence-corrected chi connectivity index (χ4v) is 2.98. The van der Waals surface area contributed by atoms with Crippen molar-refractivity contribution >= 4 is 17.0 Å². The third-order valence-electron chi connectivity index (χ3n) is 3.26. The maximum absolute atomic E-state index is 5.83. The highest BCUT2D eigenvalue weighted by atomic mass is 32.1. The molecule has 0 aliphatic rings. The van der Waals surface area contributed by atoms with Gasteiger partial charge in [0.2, 0.25) is 0 Å². The third-order valence-corrected chi connectivity index (χ3v) is 4.15. The number of aromatic nitrogens is 1. The number of ether oxygens (including phenoxy) is 1. The van der Waals surface area contributed by atoms with Crippen LogP contribution in [0.4, 0.5) is 5.69 Å². The fraction of sp³-hybridized carbons (Fsp3) is 0.167. The smallest absolute Gasteiger partial charge is 0.124 e. The average Bonchev–Trinajstić information content (AvgIpc) is 3.03. The van der Waals surface area contributed by atoms with Crippen LogP contribution in [-0.2, 0) is 0 Å². The first kappa shape index (κ1) is 14.6. The second-order valence-electron chi connectivity index (χ2n) is 5.04. The molecule has 0 amide bonds. The Labute approximate surface area is 134 Å². The highest BCUT2D eigenvalue weighted by molar-refractivity contribution is 7.13. The van der Waals surface area contributed by atoms with Gasteiger partial charge < -0.3 is 10.5 Å². The lowest BCUT2D eigenvalue weighted by molar-refractivity contribution is 0.317. The van der Waals surface area contributed by atoms with Gasteiger partial charge in [-0.1, -0.05) is 19.1 Å². The van der Waals surface area contributed by atoms with Crippen LogP contribution in [0.3, 0.4) is 0 Å². The molecule has 1 aromatic heterocycles. The average molecular weight is 310 g/mol. The summed E-state index contributed by atoms with van der Waals surface area (Å²) in [6.45, 7) is 2.84. The summed E-state index contributed by atoms with van der Waals surface area (Å²) in [6.07, 6.45) is 1.01. The van der Waals surface area contributed by atoms with E-state index in [-0.39, 0.29) is 0 Å². The number of nitrogens with two attached hydrogens (primary N) is 1. The summed E-state index contributed by atoms with van der Waals surface area (Å²) in [6, 6.07) is 15.9. The normalized spacial score (nSPS) is 10.6. The first-order valence-corrected chi connectivity index (χ1v) is 8.19. The summed E-state index contributed by atoms with van der Waals surface area (Å²) in [5.74, 6) is 0.900. The van der Waals surface area contributed by atoms with Gasteiger partial charge in [-0.15, -0.1) is 11.3 Å². The van der Waals surface area contributed by atoms with Crippen molar-refractivity contribution in [2.45, 2.75) is 13.3 Å². The van der Waals surface area contributed by atoms with E-state index in [0.29, 0.717) is 0 Å². The number of hydrogen-bond acceptors (Lipinski definition) is 4. The van der Waals surface area contributed by atoms with Crippen molar-refractivity contribution < 1.29 is 4.74 Å². The second kappa shape index (κ2) is 6.62. The molecule has 0 atom stereocenters. The molecule has 22 heavy (non-hydrogen) atoms. The highest BCUT2D eigenvalue weighted by Crippen LogP contribution is 2.30. The Morgan fingerprint density at radius 3 is 2.64 bits per heavy atom. The number of anilines is 1. The van der Waals surface area contributed by atoms with Gasteiger partial charge in [0, 0.05) is 22.2 Å². The quantitative estimate of drug-likeness (QED) is 0.685. The van der Waals surface area contributed by atoms with Gasteiger partial charge >= 0.3 is 0 Å². The van der Waals surface area contributed by atoms with Gasteiger partial charge in [0.15, 0.2) is 0 Å². The van der Waals surface area contributed by atoms with E-state index in [1.54, 1.807) is 11.3 Å². The van der Waals surface area contributed by atoms with Crippen LogP contribution in [0.1, 0.15) is 13.3 Å². The molecule has 3 nitrogen and oxygen atoms in total. The van der Waals surface area contributed by atoms with Gasteiger partial charge in [-0.2, -0.15) is 0 Å². The monoisotopic (exact) mass is 310 g/mol. The molecule has 4 heteroatoms. The number of nitrogen functional groups attached to an aromatic ring is 1. The van der Waals surface area contributed by atoms with Crippen molar-refractivity contribution in [3.8, 4) is 27.6 Å². The fourth-order valence-electron chi connectivity index (χ4n) is 2.15. The van der Waals surface area contributed by atoms with Crippen molar-refractivity contribution in [1.29, 1.82) is 0 Å². The first-order chi connectivity index (χ1) is 10.8. The molecular formula is C18H18N2OS. The zero-order valence-corrected chi connectivity index (χ0v) is 13.3. The van der Waals surface area contributed by atoms with E-state index >= 15 is 0 Å². The highest BCUT2D eigenvalue weighted by Gasteiger charge is 2.07. The standard InChI is InChI=1S/C18H18N2OS/c1-2-10-21-16-8-6-13(7-9-16)17-12-22-18(20-17)14-4-3-5-15(19)11-14/h3-9,11-12H,2,10,19H2,1H3. The lowest BCUT2D eigenvalue weighted by Gasteiger charge is -2.04. The molecule has 0 bridgehead atoms. The van der Waals surface area contributed by atoms with Crippen molar-refractivity contribution in [3.05, 3.63) is 53.9 Å². The maximum atomic E-state index is 5.83. The lowest BCUT2D eigenvalue weighted by Crippen LogP contribution is -1.94. The number of hydrogen-bond donors (Lipinski definition) is 1. The molecule has 0 radical (unpaired) electrons. The molecule has 0 aliphatic heterocycles. The van der Waals surface area contributed by atoms with Crippen molar-refractivity contribution in [3.63, 3.8) is 0 Å². The Kier molecular flexibility index (Phi) is 4.39. The van der Waals surface area contributed by atoms with Gasteiger partial charge in [0.05, 0.1) is 12.3 Å². The molecule has 3 aromatic rings. The zero-order chi connectivity index (χ0) is 15.4. The topological polar surface area (TPSA) is 48.1 Å². The summed E-state index contributed by atoms with van der Waals surface area (Å²) in [5.41, 5.74) is 9.71. The van der Waals surface area contributed by atoms with E-state index < -0.39 is 0 Å². The minimum atomic E-state index is 0.746.